The predicted octanol–water partition coefficient (Wildman–Crippen LogP) is 2.16. The smallest absolute Gasteiger partial charge is 0.251 e. The Morgan fingerprint density at radius 1 is 1.30 bits per heavy atom. The summed E-state index contributed by atoms with van der Waals surface area (Å²) in [7, 11) is 0. The first-order valence-corrected chi connectivity index (χ1v) is 9.40. The molecule has 2 heterocycles. The van der Waals surface area contributed by atoms with E-state index in [9.17, 15) is 9.59 Å². The molecule has 1 aromatic heterocycles. The first-order chi connectivity index (χ1) is 13.2. The van der Waals surface area contributed by atoms with Crippen LogP contribution in [0.3, 0.4) is 0 Å². The van der Waals surface area contributed by atoms with Crippen LogP contribution in [0.2, 0.25) is 0 Å². The molecule has 1 fully saturated rings. The standard InChI is InChI=1S/C20H23N3O4/c24-8-7-18(25)23-11-14-9-13(20(26)22-15-3-1-2-4-15)5-6-16(14)19(23)17-10-21-12-27-17/h5-6,9-10,12,15,19,24H,1-4,7-8,11H2,(H,22,26)/t19-/m0/s1. The summed E-state index contributed by atoms with van der Waals surface area (Å²) >= 11 is 0. The summed E-state index contributed by atoms with van der Waals surface area (Å²) in [4.78, 5) is 30.7. The van der Waals surface area contributed by atoms with E-state index in [1.807, 2.05) is 12.1 Å². The number of amides is 2. The molecule has 0 spiro atoms. The van der Waals surface area contributed by atoms with Crippen molar-refractivity contribution in [2.24, 2.45) is 0 Å². The molecule has 7 nitrogen and oxygen atoms in total. The van der Waals surface area contributed by atoms with Gasteiger partial charge in [0.2, 0.25) is 5.91 Å². The molecule has 0 bridgehead atoms. The van der Waals surface area contributed by atoms with E-state index in [-0.39, 0.29) is 36.9 Å². The minimum absolute atomic E-state index is 0.0493. The molecule has 0 unspecified atom stereocenters. The van der Waals surface area contributed by atoms with Gasteiger partial charge in [-0.2, -0.15) is 0 Å². The minimum Gasteiger partial charge on any atom is -0.446 e. The lowest BCUT2D eigenvalue weighted by molar-refractivity contribution is -0.133. The van der Waals surface area contributed by atoms with Crippen LogP contribution in [0, 0.1) is 0 Å². The molecule has 4 rings (SSSR count). The van der Waals surface area contributed by atoms with Gasteiger partial charge in [-0.25, -0.2) is 4.98 Å². The van der Waals surface area contributed by atoms with Crippen LogP contribution in [-0.2, 0) is 11.3 Å². The molecular weight excluding hydrogens is 346 g/mol. The summed E-state index contributed by atoms with van der Waals surface area (Å²) in [6.07, 6.45) is 7.38. The number of rotatable bonds is 5. The number of carbonyl (C=O) groups excluding carboxylic acids is 2. The van der Waals surface area contributed by atoms with Gasteiger partial charge in [0.15, 0.2) is 12.2 Å². The van der Waals surface area contributed by atoms with E-state index in [0.717, 1.165) is 36.8 Å². The molecule has 2 aliphatic rings. The summed E-state index contributed by atoms with van der Waals surface area (Å²) in [6.45, 7) is 0.175. The Morgan fingerprint density at radius 3 is 2.81 bits per heavy atom. The van der Waals surface area contributed by atoms with Crippen molar-refractivity contribution < 1.29 is 19.1 Å². The van der Waals surface area contributed by atoms with Crippen LogP contribution in [0.1, 0.15) is 65.4 Å². The number of hydrogen-bond donors (Lipinski definition) is 2. The van der Waals surface area contributed by atoms with Crippen molar-refractivity contribution in [2.75, 3.05) is 6.61 Å². The molecule has 1 aliphatic heterocycles. The highest BCUT2D eigenvalue weighted by molar-refractivity contribution is 5.95. The van der Waals surface area contributed by atoms with E-state index in [1.165, 1.54) is 6.39 Å². The number of nitrogens with zero attached hydrogens (tertiary/aromatic N) is 2. The molecule has 2 aromatic rings. The van der Waals surface area contributed by atoms with Crippen molar-refractivity contribution in [3.8, 4) is 0 Å². The maximum atomic E-state index is 12.6. The van der Waals surface area contributed by atoms with Gasteiger partial charge in [-0.3, -0.25) is 9.59 Å². The maximum Gasteiger partial charge on any atom is 0.251 e. The Kier molecular flexibility index (Phi) is 4.94. The highest BCUT2D eigenvalue weighted by Gasteiger charge is 2.36. The molecule has 142 valence electrons. The number of fused-ring (bicyclic) bond motifs is 1. The molecule has 1 aliphatic carbocycles. The Bertz CT molecular complexity index is 828. The fraction of sp³-hybridized carbons (Fsp3) is 0.450. The van der Waals surface area contributed by atoms with Gasteiger partial charge in [0.05, 0.1) is 12.8 Å². The average molecular weight is 369 g/mol. The average Bonchev–Trinajstić information content (AvgIpc) is 3.41. The number of aliphatic hydroxyl groups is 1. The zero-order chi connectivity index (χ0) is 18.8. The Morgan fingerprint density at radius 2 is 2.11 bits per heavy atom. The molecule has 0 saturated heterocycles. The van der Waals surface area contributed by atoms with Crippen molar-refractivity contribution in [3.05, 3.63) is 53.2 Å². The number of carbonyl (C=O) groups is 2. The van der Waals surface area contributed by atoms with Crippen LogP contribution >= 0.6 is 0 Å². The highest BCUT2D eigenvalue weighted by Crippen LogP contribution is 2.39. The molecule has 1 aromatic carbocycles. The Labute approximate surface area is 157 Å². The fourth-order valence-corrected chi connectivity index (χ4v) is 4.07. The van der Waals surface area contributed by atoms with E-state index < -0.39 is 0 Å². The minimum atomic E-state index is -0.381. The monoisotopic (exact) mass is 369 g/mol. The highest BCUT2D eigenvalue weighted by atomic mass is 16.3. The quantitative estimate of drug-likeness (QED) is 0.842. The lowest BCUT2D eigenvalue weighted by Crippen LogP contribution is -2.32. The number of aliphatic hydroxyl groups excluding tert-OH is 1. The van der Waals surface area contributed by atoms with E-state index in [2.05, 4.69) is 10.3 Å². The van der Waals surface area contributed by atoms with Gasteiger partial charge in [-0.1, -0.05) is 18.9 Å². The second kappa shape index (κ2) is 7.52. The van der Waals surface area contributed by atoms with Gasteiger partial charge < -0.3 is 19.7 Å². The van der Waals surface area contributed by atoms with E-state index in [0.29, 0.717) is 17.9 Å². The van der Waals surface area contributed by atoms with Gasteiger partial charge >= 0.3 is 0 Å². The molecule has 0 radical (unpaired) electrons. The lowest BCUT2D eigenvalue weighted by Gasteiger charge is -2.23. The summed E-state index contributed by atoms with van der Waals surface area (Å²) in [5, 5.41) is 12.2. The van der Waals surface area contributed by atoms with Gasteiger partial charge in [0.1, 0.15) is 6.04 Å². The van der Waals surface area contributed by atoms with Crippen molar-refractivity contribution >= 4 is 11.8 Å². The zero-order valence-electron chi connectivity index (χ0n) is 15.1. The largest absolute Gasteiger partial charge is 0.446 e. The lowest BCUT2D eigenvalue weighted by atomic mass is 10.00. The van der Waals surface area contributed by atoms with Crippen molar-refractivity contribution in [1.29, 1.82) is 0 Å². The first kappa shape index (κ1) is 17.7. The van der Waals surface area contributed by atoms with Gasteiger partial charge in [0, 0.05) is 24.6 Å². The maximum absolute atomic E-state index is 12.6. The molecule has 7 heteroatoms. The SMILES string of the molecule is O=C(NC1CCCC1)c1ccc2c(c1)CN(C(=O)CCO)[C@@H]2c1cnco1. The van der Waals surface area contributed by atoms with Crippen molar-refractivity contribution in [3.63, 3.8) is 0 Å². The summed E-state index contributed by atoms with van der Waals surface area (Å²) in [5.74, 6) is 0.344. The normalized spacial score (nSPS) is 19.3. The van der Waals surface area contributed by atoms with Gasteiger partial charge in [-0.15, -0.1) is 0 Å². The van der Waals surface area contributed by atoms with E-state index in [1.54, 1.807) is 17.2 Å². The number of nitrogens with one attached hydrogen (secondary N) is 1. The third-order valence-electron chi connectivity index (χ3n) is 5.41. The zero-order valence-corrected chi connectivity index (χ0v) is 15.1. The summed E-state index contributed by atoms with van der Waals surface area (Å²) in [6, 6.07) is 5.42. The Hall–Kier alpha value is -2.67. The van der Waals surface area contributed by atoms with E-state index >= 15 is 0 Å². The number of hydrogen-bond acceptors (Lipinski definition) is 5. The third kappa shape index (κ3) is 3.47. The number of aromatic nitrogens is 1. The number of oxazole rings is 1. The second-order valence-corrected chi connectivity index (χ2v) is 7.17. The Balaban J connectivity index is 1.61. The molecule has 27 heavy (non-hydrogen) atoms. The number of benzene rings is 1. The fourth-order valence-electron chi connectivity index (χ4n) is 4.07. The summed E-state index contributed by atoms with van der Waals surface area (Å²) in [5.41, 5.74) is 2.45. The molecular formula is C20H23N3O4. The van der Waals surface area contributed by atoms with Crippen molar-refractivity contribution in [1.82, 2.24) is 15.2 Å². The summed E-state index contributed by atoms with van der Waals surface area (Å²) < 4.78 is 5.45. The van der Waals surface area contributed by atoms with Gasteiger partial charge in [0.25, 0.3) is 5.91 Å². The second-order valence-electron chi connectivity index (χ2n) is 7.17. The van der Waals surface area contributed by atoms with Crippen LogP contribution in [0.5, 0.6) is 0 Å². The predicted molar refractivity (Wildman–Crippen MR) is 96.8 cm³/mol. The molecule has 1 atom stereocenters. The molecule has 2 amide bonds. The molecule has 1 saturated carbocycles. The third-order valence-corrected chi connectivity index (χ3v) is 5.41. The van der Waals surface area contributed by atoms with Crippen LogP contribution in [0.15, 0.2) is 35.2 Å². The van der Waals surface area contributed by atoms with Gasteiger partial charge in [-0.05, 0) is 36.1 Å². The van der Waals surface area contributed by atoms with Crippen molar-refractivity contribution in [2.45, 2.75) is 50.7 Å². The first-order valence-electron chi connectivity index (χ1n) is 9.40. The van der Waals surface area contributed by atoms with Crippen LogP contribution < -0.4 is 5.32 Å². The van der Waals surface area contributed by atoms with Crippen LogP contribution in [0.25, 0.3) is 0 Å². The van der Waals surface area contributed by atoms with Crippen LogP contribution in [0.4, 0.5) is 0 Å². The van der Waals surface area contributed by atoms with E-state index in [4.69, 9.17) is 9.52 Å². The topological polar surface area (TPSA) is 95.7 Å². The molecule has 2 N–H and O–H groups in total. The van der Waals surface area contributed by atoms with Crippen LogP contribution in [-0.4, -0.2) is 39.5 Å².